The minimum Gasteiger partial charge on any atom is -0.389 e. The summed E-state index contributed by atoms with van der Waals surface area (Å²) in [7, 11) is 3.20. The molecule has 1 saturated carbocycles. The van der Waals surface area contributed by atoms with Gasteiger partial charge in [0.1, 0.15) is 17.5 Å². The lowest BCUT2D eigenvalue weighted by Gasteiger charge is -2.26. The Kier molecular flexibility index (Phi) is 5.17. The van der Waals surface area contributed by atoms with Crippen LogP contribution >= 0.6 is 0 Å². The normalized spacial score (nSPS) is 24.4. The maximum absolute atomic E-state index is 12.5. The Morgan fingerprint density at radius 2 is 2.00 bits per heavy atom. The Bertz CT molecular complexity index is 1350. The minimum atomic E-state index is -1.26. The van der Waals surface area contributed by atoms with E-state index in [9.17, 15) is 15.0 Å². The molecule has 14 nitrogen and oxygen atoms in total. The molecule has 1 fully saturated rings. The van der Waals surface area contributed by atoms with Crippen molar-refractivity contribution in [3.05, 3.63) is 31.1 Å². The molecule has 0 spiro atoms. The highest BCUT2D eigenvalue weighted by Crippen LogP contribution is 2.45. The van der Waals surface area contributed by atoms with E-state index >= 15 is 0 Å². The van der Waals surface area contributed by atoms with E-state index in [4.69, 9.17) is 0 Å². The molecule has 0 saturated heterocycles. The van der Waals surface area contributed by atoms with Crippen molar-refractivity contribution in [3.63, 3.8) is 0 Å². The van der Waals surface area contributed by atoms with Gasteiger partial charge in [0.15, 0.2) is 17.0 Å². The van der Waals surface area contributed by atoms with Crippen LogP contribution in [0.15, 0.2) is 31.1 Å². The van der Waals surface area contributed by atoms with Gasteiger partial charge in [-0.25, -0.2) is 4.98 Å². The van der Waals surface area contributed by atoms with Gasteiger partial charge >= 0.3 is 0 Å². The van der Waals surface area contributed by atoms with E-state index in [1.165, 1.54) is 18.1 Å². The first-order chi connectivity index (χ1) is 16.4. The van der Waals surface area contributed by atoms with E-state index in [0.29, 0.717) is 28.4 Å². The zero-order valence-corrected chi connectivity index (χ0v) is 18.7. The van der Waals surface area contributed by atoms with Crippen molar-refractivity contribution < 1.29 is 15.0 Å². The first kappa shape index (κ1) is 21.8. The minimum absolute atomic E-state index is 0.189. The molecule has 1 aliphatic rings. The standard InChI is InChI=1S/C20H23N11O3/c1-20(18(34)22-3)6-12(14(32)15(20)33)30-9-25-13-16(21-2)26-19(27-17(13)30)31-8-11(28-29-31)10-7-23-4-5-24-10/h4-5,7-9,12,14-15,32-33H,6H2,1-3H3,(H,22,34)(H,21,26,27)/t12-,14+,15+,20?/m1/s1. The van der Waals surface area contributed by atoms with Crippen LogP contribution in [0.25, 0.3) is 28.5 Å². The van der Waals surface area contributed by atoms with Gasteiger partial charge in [0.2, 0.25) is 5.91 Å². The van der Waals surface area contributed by atoms with E-state index < -0.39 is 23.7 Å². The van der Waals surface area contributed by atoms with Crippen LogP contribution in [0.2, 0.25) is 0 Å². The van der Waals surface area contributed by atoms with Crippen molar-refractivity contribution in [2.45, 2.75) is 31.6 Å². The Hall–Kier alpha value is -4.04. The smallest absolute Gasteiger partial charge is 0.256 e. The van der Waals surface area contributed by atoms with Gasteiger partial charge in [0.05, 0.1) is 36.3 Å². The molecule has 1 amide bonds. The number of fused-ring (bicyclic) bond motifs is 1. The number of imidazole rings is 1. The molecular formula is C20H23N11O3. The van der Waals surface area contributed by atoms with Gasteiger partial charge in [-0.2, -0.15) is 14.6 Å². The van der Waals surface area contributed by atoms with Gasteiger partial charge in [0, 0.05) is 26.5 Å². The maximum Gasteiger partial charge on any atom is 0.256 e. The molecule has 1 aliphatic carbocycles. The second-order valence-electron chi connectivity index (χ2n) is 8.29. The molecule has 4 N–H and O–H groups in total. The lowest BCUT2D eigenvalue weighted by Crippen LogP contribution is -2.45. The van der Waals surface area contributed by atoms with E-state index in [2.05, 4.69) is 45.9 Å². The van der Waals surface area contributed by atoms with Crippen molar-refractivity contribution in [2.75, 3.05) is 19.4 Å². The number of hydrogen-bond acceptors (Lipinski definition) is 11. The summed E-state index contributed by atoms with van der Waals surface area (Å²) in [5.74, 6) is 0.303. The van der Waals surface area contributed by atoms with Crippen LogP contribution in [0.3, 0.4) is 0 Å². The highest BCUT2D eigenvalue weighted by atomic mass is 16.3. The number of anilines is 1. The monoisotopic (exact) mass is 465 g/mol. The van der Waals surface area contributed by atoms with Crippen LogP contribution in [0.4, 0.5) is 5.82 Å². The molecule has 4 atom stereocenters. The van der Waals surface area contributed by atoms with E-state index in [0.717, 1.165) is 0 Å². The van der Waals surface area contributed by atoms with Crippen LogP contribution in [-0.4, -0.2) is 86.9 Å². The van der Waals surface area contributed by atoms with Crippen molar-refractivity contribution in [1.29, 1.82) is 0 Å². The van der Waals surface area contributed by atoms with Crippen molar-refractivity contribution in [3.8, 4) is 17.3 Å². The average molecular weight is 465 g/mol. The molecular weight excluding hydrogens is 442 g/mol. The molecule has 176 valence electrons. The number of hydrogen-bond donors (Lipinski definition) is 4. The van der Waals surface area contributed by atoms with E-state index in [1.807, 2.05) is 0 Å². The lowest BCUT2D eigenvalue weighted by molar-refractivity contribution is -0.136. The number of aliphatic hydroxyl groups excluding tert-OH is 2. The first-order valence-corrected chi connectivity index (χ1v) is 10.6. The summed E-state index contributed by atoms with van der Waals surface area (Å²) in [4.78, 5) is 34.2. The molecule has 4 aromatic rings. The van der Waals surface area contributed by atoms with Crippen LogP contribution in [0.5, 0.6) is 0 Å². The molecule has 14 heteroatoms. The maximum atomic E-state index is 12.5. The van der Waals surface area contributed by atoms with E-state index in [1.54, 1.807) is 43.3 Å². The molecule has 0 bridgehead atoms. The third-order valence-electron chi connectivity index (χ3n) is 6.28. The molecule has 34 heavy (non-hydrogen) atoms. The molecule has 0 aromatic carbocycles. The number of aliphatic hydroxyl groups is 2. The summed E-state index contributed by atoms with van der Waals surface area (Å²) in [5, 5.41) is 35.3. The van der Waals surface area contributed by atoms with Crippen LogP contribution in [0, 0.1) is 5.41 Å². The fourth-order valence-corrected chi connectivity index (χ4v) is 4.37. The number of nitrogens with zero attached hydrogens (tertiary/aromatic N) is 9. The molecule has 4 aromatic heterocycles. The second kappa shape index (κ2) is 8.07. The molecule has 0 aliphatic heterocycles. The topological polar surface area (TPSA) is 182 Å². The molecule has 1 unspecified atom stereocenters. The zero-order chi connectivity index (χ0) is 24.0. The SMILES string of the molecule is CNC(=O)C1(C)C[C@@H](n2cnc3c(NC)nc(-n4cc(-c5cnccn5)nn4)nc32)[C@H](O)[C@@H]1O. The number of rotatable bonds is 5. The summed E-state index contributed by atoms with van der Waals surface area (Å²) in [5.41, 5.74) is 0.741. The Morgan fingerprint density at radius 3 is 2.71 bits per heavy atom. The van der Waals surface area contributed by atoms with Crippen molar-refractivity contribution in [1.82, 2.24) is 49.8 Å². The molecule has 4 heterocycles. The quantitative estimate of drug-likeness (QED) is 0.293. The van der Waals surface area contributed by atoms with Crippen LogP contribution < -0.4 is 10.6 Å². The number of amides is 1. The Labute approximate surface area is 193 Å². The number of aromatic nitrogens is 9. The van der Waals surface area contributed by atoms with Gasteiger partial charge in [-0.15, -0.1) is 5.10 Å². The molecule has 5 rings (SSSR count). The Balaban J connectivity index is 1.58. The summed E-state index contributed by atoms with van der Waals surface area (Å²) < 4.78 is 3.06. The third-order valence-corrected chi connectivity index (χ3v) is 6.28. The predicted octanol–water partition coefficient (Wildman–Crippen LogP) is -0.675. The summed E-state index contributed by atoms with van der Waals surface area (Å²) >= 11 is 0. The number of carbonyl (C=O) groups excluding carboxylic acids is 1. The summed E-state index contributed by atoms with van der Waals surface area (Å²) in [6, 6.07) is -0.638. The van der Waals surface area contributed by atoms with Gasteiger partial charge in [0.25, 0.3) is 5.95 Å². The number of carbonyl (C=O) groups is 1. The summed E-state index contributed by atoms with van der Waals surface area (Å²) in [6.45, 7) is 1.63. The highest BCUT2D eigenvalue weighted by molar-refractivity contribution is 5.85. The fraction of sp³-hybridized carbons (Fsp3) is 0.400. The largest absolute Gasteiger partial charge is 0.389 e. The first-order valence-electron chi connectivity index (χ1n) is 10.6. The number of nitrogens with one attached hydrogen (secondary N) is 2. The van der Waals surface area contributed by atoms with E-state index in [-0.39, 0.29) is 18.3 Å². The third kappa shape index (κ3) is 3.26. The van der Waals surface area contributed by atoms with Crippen molar-refractivity contribution >= 4 is 22.9 Å². The second-order valence-corrected chi connectivity index (χ2v) is 8.29. The fourth-order valence-electron chi connectivity index (χ4n) is 4.37. The Morgan fingerprint density at radius 1 is 1.18 bits per heavy atom. The van der Waals surface area contributed by atoms with Gasteiger partial charge in [-0.1, -0.05) is 5.21 Å². The highest BCUT2D eigenvalue weighted by Gasteiger charge is 2.54. The van der Waals surface area contributed by atoms with Gasteiger partial charge < -0.3 is 25.4 Å². The van der Waals surface area contributed by atoms with Crippen molar-refractivity contribution in [2.24, 2.45) is 5.41 Å². The van der Waals surface area contributed by atoms with Gasteiger partial charge in [-0.3, -0.25) is 14.8 Å². The van der Waals surface area contributed by atoms with Crippen LogP contribution in [-0.2, 0) is 4.79 Å². The average Bonchev–Trinajstić information content (AvgIpc) is 3.58. The molecule has 0 radical (unpaired) electrons. The zero-order valence-electron chi connectivity index (χ0n) is 18.7. The van der Waals surface area contributed by atoms with Gasteiger partial charge in [-0.05, 0) is 13.3 Å². The predicted molar refractivity (Wildman–Crippen MR) is 119 cm³/mol. The van der Waals surface area contributed by atoms with Crippen LogP contribution in [0.1, 0.15) is 19.4 Å². The summed E-state index contributed by atoms with van der Waals surface area (Å²) in [6.07, 6.45) is 5.57. The lowest BCUT2D eigenvalue weighted by atomic mass is 9.85.